The first-order valence-electron chi connectivity index (χ1n) is 7.63. The van der Waals surface area contributed by atoms with Crippen molar-refractivity contribution in [2.24, 2.45) is 5.92 Å². The second kappa shape index (κ2) is 6.28. The average Bonchev–Trinajstić information content (AvgIpc) is 3.13. The van der Waals surface area contributed by atoms with Crippen molar-refractivity contribution in [3.8, 4) is 0 Å². The minimum absolute atomic E-state index is 0.0169. The van der Waals surface area contributed by atoms with Gasteiger partial charge in [0.25, 0.3) is 0 Å². The zero-order valence-electron chi connectivity index (χ0n) is 12.4. The molecule has 4 nitrogen and oxygen atoms in total. The summed E-state index contributed by atoms with van der Waals surface area (Å²) in [6.45, 7) is 2.07. The fourth-order valence-corrected chi connectivity index (χ4v) is 3.64. The Kier molecular flexibility index (Phi) is 4.40. The summed E-state index contributed by atoms with van der Waals surface area (Å²) in [5.41, 5.74) is 0.748. The lowest BCUT2D eigenvalue weighted by molar-refractivity contribution is -0.121. The third-order valence-corrected chi connectivity index (χ3v) is 5.22. The van der Waals surface area contributed by atoms with Crippen LogP contribution in [0, 0.1) is 5.92 Å². The fourth-order valence-electron chi connectivity index (χ4n) is 3.08. The van der Waals surface area contributed by atoms with Gasteiger partial charge in [-0.05, 0) is 62.9 Å². The molecule has 1 aliphatic heterocycles. The van der Waals surface area contributed by atoms with Gasteiger partial charge < -0.3 is 5.32 Å². The first kappa shape index (κ1) is 14.7. The molecule has 1 saturated heterocycles. The molecule has 5 heteroatoms. The molecule has 0 radical (unpaired) electrons. The smallest absolute Gasteiger partial charge is 0.242 e. The van der Waals surface area contributed by atoms with Crippen LogP contribution in [0.2, 0.25) is 0 Å². The van der Waals surface area contributed by atoms with E-state index in [1.807, 2.05) is 24.3 Å². The maximum atomic E-state index is 12.6. The van der Waals surface area contributed by atoms with E-state index in [1.54, 1.807) is 6.26 Å². The molecule has 0 unspecified atom stereocenters. The minimum atomic E-state index is -1.02. The number of anilines is 1. The summed E-state index contributed by atoms with van der Waals surface area (Å²) in [7, 11) is -1.02. The van der Waals surface area contributed by atoms with Crippen molar-refractivity contribution in [3.63, 3.8) is 0 Å². The number of benzene rings is 1. The van der Waals surface area contributed by atoms with Crippen molar-refractivity contribution in [2.75, 3.05) is 24.7 Å². The Balaban J connectivity index is 1.71. The van der Waals surface area contributed by atoms with Crippen LogP contribution >= 0.6 is 0 Å². The van der Waals surface area contributed by atoms with Gasteiger partial charge in [0.05, 0.1) is 6.04 Å². The minimum Gasteiger partial charge on any atom is -0.325 e. The van der Waals surface area contributed by atoms with Gasteiger partial charge in [0.1, 0.15) is 0 Å². The van der Waals surface area contributed by atoms with Crippen molar-refractivity contribution in [2.45, 2.75) is 36.6 Å². The third-order valence-electron chi connectivity index (χ3n) is 4.30. The van der Waals surface area contributed by atoms with E-state index in [4.69, 9.17) is 0 Å². The molecule has 21 heavy (non-hydrogen) atoms. The third kappa shape index (κ3) is 3.52. The summed E-state index contributed by atoms with van der Waals surface area (Å²) < 4.78 is 11.5. The van der Waals surface area contributed by atoms with Gasteiger partial charge >= 0.3 is 0 Å². The Morgan fingerprint density at radius 2 is 2.05 bits per heavy atom. The van der Waals surface area contributed by atoms with Crippen LogP contribution in [0.1, 0.15) is 25.7 Å². The van der Waals surface area contributed by atoms with Gasteiger partial charge in [0.15, 0.2) is 0 Å². The van der Waals surface area contributed by atoms with Crippen LogP contribution < -0.4 is 5.32 Å². The number of carbonyl (C=O) groups excluding carboxylic acids is 1. The standard InChI is InChI=1S/C16H22N2O2S/c1-21(20)14-6-4-5-13(11-14)17-16(19)15(12-7-8-12)18-9-2-3-10-18/h4-6,11-12,15H,2-3,7-10H2,1H3,(H,17,19)/t15-,21+/m0/s1. The molecule has 1 amide bonds. The number of carbonyl (C=O) groups is 1. The number of nitrogens with one attached hydrogen (secondary N) is 1. The molecule has 2 aliphatic rings. The van der Waals surface area contributed by atoms with Gasteiger partial charge in [-0.25, -0.2) is 0 Å². The van der Waals surface area contributed by atoms with E-state index in [0.29, 0.717) is 5.92 Å². The Morgan fingerprint density at radius 1 is 1.33 bits per heavy atom. The number of rotatable bonds is 5. The first-order valence-corrected chi connectivity index (χ1v) is 9.19. The molecule has 1 aliphatic carbocycles. The van der Waals surface area contributed by atoms with Crippen LogP contribution in [0.3, 0.4) is 0 Å². The summed E-state index contributed by atoms with van der Waals surface area (Å²) in [5.74, 6) is 0.616. The van der Waals surface area contributed by atoms with Crippen LogP contribution in [0.5, 0.6) is 0 Å². The lowest BCUT2D eigenvalue weighted by atomic mass is 10.1. The Bertz CT molecular complexity index is 551. The second-order valence-electron chi connectivity index (χ2n) is 6.00. The first-order chi connectivity index (χ1) is 10.1. The van der Waals surface area contributed by atoms with Crippen LogP contribution in [-0.4, -0.2) is 40.4 Å². The lowest BCUT2D eigenvalue weighted by Gasteiger charge is -2.26. The fraction of sp³-hybridized carbons (Fsp3) is 0.562. The van der Waals surface area contributed by atoms with Crippen molar-refractivity contribution < 1.29 is 9.00 Å². The Hall–Kier alpha value is -1.20. The predicted octanol–water partition coefficient (Wildman–Crippen LogP) is 2.24. The second-order valence-corrected chi connectivity index (χ2v) is 7.38. The monoisotopic (exact) mass is 306 g/mol. The average molecular weight is 306 g/mol. The van der Waals surface area contributed by atoms with Crippen LogP contribution in [-0.2, 0) is 15.6 Å². The van der Waals surface area contributed by atoms with E-state index in [-0.39, 0.29) is 11.9 Å². The highest BCUT2D eigenvalue weighted by Gasteiger charge is 2.40. The number of likely N-dealkylation sites (tertiary alicyclic amines) is 1. The molecule has 1 saturated carbocycles. The molecule has 0 spiro atoms. The largest absolute Gasteiger partial charge is 0.325 e. The summed E-state index contributed by atoms with van der Waals surface area (Å²) in [5, 5.41) is 3.02. The van der Waals surface area contributed by atoms with Crippen LogP contribution in [0.15, 0.2) is 29.2 Å². The lowest BCUT2D eigenvalue weighted by Crippen LogP contribution is -2.44. The van der Waals surface area contributed by atoms with Gasteiger partial charge in [0.2, 0.25) is 5.91 Å². The molecule has 0 aromatic heterocycles. The Labute approximate surface area is 128 Å². The summed E-state index contributed by atoms with van der Waals surface area (Å²) in [6, 6.07) is 7.35. The molecular formula is C16H22N2O2S. The van der Waals surface area contributed by atoms with E-state index >= 15 is 0 Å². The maximum absolute atomic E-state index is 12.6. The number of nitrogens with zero attached hydrogens (tertiary/aromatic N) is 1. The van der Waals surface area contributed by atoms with Crippen LogP contribution in [0.4, 0.5) is 5.69 Å². The molecule has 0 bridgehead atoms. The highest BCUT2D eigenvalue weighted by Crippen LogP contribution is 2.37. The molecule has 2 atom stereocenters. The van der Waals surface area contributed by atoms with Crippen molar-refractivity contribution in [1.29, 1.82) is 0 Å². The molecular weight excluding hydrogens is 284 g/mol. The van der Waals surface area contributed by atoms with E-state index in [0.717, 1.165) is 36.5 Å². The summed E-state index contributed by atoms with van der Waals surface area (Å²) in [6.07, 6.45) is 6.36. The highest BCUT2D eigenvalue weighted by atomic mass is 32.2. The number of hydrogen-bond acceptors (Lipinski definition) is 3. The topological polar surface area (TPSA) is 49.4 Å². The SMILES string of the molecule is C[S@@](=O)c1cccc(NC(=O)[C@H](C2CC2)N2CCCC2)c1. The zero-order valence-corrected chi connectivity index (χ0v) is 13.2. The zero-order chi connectivity index (χ0) is 14.8. The van der Waals surface area contributed by atoms with Gasteiger partial charge in [-0.3, -0.25) is 13.9 Å². The Morgan fingerprint density at radius 3 is 2.67 bits per heavy atom. The molecule has 1 aromatic carbocycles. The molecule has 1 aromatic rings. The number of amides is 1. The molecule has 1 N–H and O–H groups in total. The molecule has 114 valence electrons. The molecule has 1 heterocycles. The highest BCUT2D eigenvalue weighted by molar-refractivity contribution is 7.84. The van der Waals surface area contributed by atoms with Crippen molar-refractivity contribution >= 4 is 22.4 Å². The molecule has 3 rings (SSSR count). The quantitative estimate of drug-likeness (QED) is 0.907. The normalized spacial score (nSPS) is 22.0. The van der Waals surface area contributed by atoms with Gasteiger partial charge in [-0.2, -0.15) is 0 Å². The van der Waals surface area contributed by atoms with E-state index in [1.165, 1.54) is 12.8 Å². The summed E-state index contributed by atoms with van der Waals surface area (Å²) >= 11 is 0. The van der Waals surface area contributed by atoms with Crippen molar-refractivity contribution in [3.05, 3.63) is 24.3 Å². The van der Waals surface area contributed by atoms with E-state index in [9.17, 15) is 9.00 Å². The van der Waals surface area contributed by atoms with Gasteiger partial charge in [0, 0.05) is 27.6 Å². The van der Waals surface area contributed by atoms with Crippen molar-refractivity contribution in [1.82, 2.24) is 4.90 Å². The predicted molar refractivity (Wildman–Crippen MR) is 84.7 cm³/mol. The van der Waals surface area contributed by atoms with Gasteiger partial charge in [-0.1, -0.05) is 6.07 Å². The van der Waals surface area contributed by atoms with E-state index < -0.39 is 10.8 Å². The maximum Gasteiger partial charge on any atom is 0.242 e. The van der Waals surface area contributed by atoms with Crippen LogP contribution in [0.25, 0.3) is 0 Å². The van der Waals surface area contributed by atoms with E-state index in [2.05, 4.69) is 10.2 Å². The summed E-state index contributed by atoms with van der Waals surface area (Å²) in [4.78, 5) is 15.7. The number of hydrogen-bond donors (Lipinski definition) is 1. The van der Waals surface area contributed by atoms with Gasteiger partial charge in [-0.15, -0.1) is 0 Å². The molecule has 2 fully saturated rings.